The first-order valence-electron chi connectivity index (χ1n) is 6.74. The molecular weight excluding hydrogens is 291 g/mol. The van der Waals surface area contributed by atoms with Crippen LogP contribution in [0.2, 0.25) is 0 Å². The van der Waals surface area contributed by atoms with E-state index in [4.69, 9.17) is 4.74 Å². The molecule has 5 nitrogen and oxygen atoms in total. The fraction of sp³-hybridized carbons (Fsp3) is 0.286. The van der Waals surface area contributed by atoms with E-state index in [0.29, 0.717) is 0 Å². The van der Waals surface area contributed by atoms with Crippen molar-refractivity contribution in [3.05, 3.63) is 36.3 Å². The van der Waals surface area contributed by atoms with Crippen LogP contribution in [0.3, 0.4) is 0 Å². The van der Waals surface area contributed by atoms with Gasteiger partial charge in [-0.25, -0.2) is 13.9 Å². The van der Waals surface area contributed by atoms with Gasteiger partial charge in [0.1, 0.15) is 5.82 Å². The van der Waals surface area contributed by atoms with E-state index in [1.54, 1.807) is 28.0 Å². The Morgan fingerprint density at radius 2 is 1.90 bits per heavy atom. The van der Waals surface area contributed by atoms with Gasteiger partial charge in [-0.3, -0.25) is 0 Å². The van der Waals surface area contributed by atoms with Crippen LogP contribution in [0.1, 0.15) is 0 Å². The average molecular weight is 304 g/mol. The molecule has 0 N–H and O–H groups in total. The molecule has 108 valence electrons. The maximum Gasteiger partial charge on any atom is 0.214 e. The van der Waals surface area contributed by atoms with Gasteiger partial charge in [-0.1, -0.05) is 11.3 Å². The summed E-state index contributed by atoms with van der Waals surface area (Å²) >= 11 is 1.56. The highest BCUT2D eigenvalue weighted by molar-refractivity contribution is 7.20. The molecule has 0 atom stereocenters. The molecule has 0 bridgehead atoms. The monoisotopic (exact) mass is 304 g/mol. The number of hydrogen-bond acceptors (Lipinski definition) is 5. The molecule has 2 aromatic heterocycles. The second-order valence-corrected chi connectivity index (χ2v) is 5.78. The summed E-state index contributed by atoms with van der Waals surface area (Å²) in [6.45, 7) is 3.20. The fourth-order valence-corrected chi connectivity index (χ4v) is 3.27. The van der Waals surface area contributed by atoms with Crippen molar-refractivity contribution in [2.24, 2.45) is 0 Å². The second-order valence-electron chi connectivity index (χ2n) is 4.84. The third-order valence-electron chi connectivity index (χ3n) is 3.45. The molecule has 1 saturated heterocycles. The van der Waals surface area contributed by atoms with E-state index in [-0.39, 0.29) is 5.82 Å². The Morgan fingerprint density at radius 3 is 2.62 bits per heavy atom. The Balaban J connectivity index is 1.65. The first-order chi connectivity index (χ1) is 10.3. The molecule has 1 fully saturated rings. The van der Waals surface area contributed by atoms with Crippen LogP contribution in [-0.2, 0) is 4.74 Å². The first kappa shape index (κ1) is 12.7. The fourth-order valence-electron chi connectivity index (χ4n) is 2.33. The lowest BCUT2D eigenvalue weighted by Gasteiger charge is -2.25. The minimum Gasteiger partial charge on any atom is -0.378 e. The Bertz CT molecular complexity index is 729. The molecule has 0 unspecified atom stereocenters. The van der Waals surface area contributed by atoms with Crippen molar-refractivity contribution in [3.63, 3.8) is 0 Å². The van der Waals surface area contributed by atoms with E-state index in [1.807, 2.05) is 6.20 Å². The highest BCUT2D eigenvalue weighted by Crippen LogP contribution is 2.27. The molecule has 21 heavy (non-hydrogen) atoms. The van der Waals surface area contributed by atoms with Crippen molar-refractivity contribution < 1.29 is 9.13 Å². The lowest BCUT2D eigenvalue weighted by molar-refractivity contribution is 0.122. The standard InChI is InChI=1S/C14H13FN4OS/c15-11-3-1-10(2-4-11)12-9-19-13(16-12)21-14(17-19)18-5-7-20-8-6-18/h1-4,9H,5-8H2. The van der Waals surface area contributed by atoms with Gasteiger partial charge in [0.2, 0.25) is 10.1 Å². The van der Waals surface area contributed by atoms with E-state index in [1.165, 1.54) is 12.1 Å². The summed E-state index contributed by atoms with van der Waals surface area (Å²) in [5.41, 5.74) is 1.70. The number of hydrogen-bond donors (Lipinski definition) is 0. The molecule has 3 aromatic rings. The Kier molecular flexibility index (Phi) is 3.08. The van der Waals surface area contributed by atoms with Crippen LogP contribution >= 0.6 is 11.3 Å². The largest absolute Gasteiger partial charge is 0.378 e. The van der Waals surface area contributed by atoms with Crippen LogP contribution in [0, 0.1) is 5.82 Å². The van der Waals surface area contributed by atoms with Crippen molar-refractivity contribution in [1.82, 2.24) is 14.6 Å². The summed E-state index contributed by atoms with van der Waals surface area (Å²) in [5, 5.41) is 5.53. The van der Waals surface area contributed by atoms with Gasteiger partial charge in [-0.2, -0.15) is 0 Å². The van der Waals surface area contributed by atoms with Crippen LogP contribution in [0.15, 0.2) is 30.5 Å². The number of imidazole rings is 1. The SMILES string of the molecule is Fc1ccc(-c2cn3nc(N4CCOCC4)sc3n2)cc1. The van der Waals surface area contributed by atoms with Crippen molar-refractivity contribution in [3.8, 4) is 11.3 Å². The third-order valence-corrected chi connectivity index (χ3v) is 4.44. The molecule has 3 heterocycles. The molecule has 1 aliphatic rings. The first-order valence-corrected chi connectivity index (χ1v) is 7.56. The Labute approximate surface area is 124 Å². The van der Waals surface area contributed by atoms with E-state index in [0.717, 1.165) is 47.7 Å². The zero-order chi connectivity index (χ0) is 14.2. The number of anilines is 1. The van der Waals surface area contributed by atoms with E-state index < -0.39 is 0 Å². The van der Waals surface area contributed by atoms with Gasteiger partial charge >= 0.3 is 0 Å². The number of benzene rings is 1. The highest BCUT2D eigenvalue weighted by Gasteiger charge is 2.17. The smallest absolute Gasteiger partial charge is 0.214 e. The molecule has 0 radical (unpaired) electrons. The van der Waals surface area contributed by atoms with Gasteiger partial charge in [0, 0.05) is 18.7 Å². The van der Waals surface area contributed by atoms with Crippen LogP contribution in [0.4, 0.5) is 9.52 Å². The average Bonchev–Trinajstić information content (AvgIpc) is 3.07. The molecule has 0 saturated carbocycles. The van der Waals surface area contributed by atoms with E-state index >= 15 is 0 Å². The predicted molar refractivity (Wildman–Crippen MR) is 79.3 cm³/mol. The van der Waals surface area contributed by atoms with Gasteiger partial charge in [0.15, 0.2) is 0 Å². The lowest BCUT2D eigenvalue weighted by atomic mass is 10.2. The van der Waals surface area contributed by atoms with Crippen molar-refractivity contribution in [1.29, 1.82) is 0 Å². The summed E-state index contributed by atoms with van der Waals surface area (Å²) in [5.74, 6) is -0.243. The number of fused-ring (bicyclic) bond motifs is 1. The highest BCUT2D eigenvalue weighted by atomic mass is 32.1. The molecule has 1 aromatic carbocycles. The molecule has 7 heteroatoms. The molecule has 0 amide bonds. The van der Waals surface area contributed by atoms with Gasteiger partial charge < -0.3 is 9.64 Å². The van der Waals surface area contributed by atoms with E-state index in [2.05, 4.69) is 15.0 Å². The molecular formula is C14H13FN4OS. The summed E-state index contributed by atoms with van der Waals surface area (Å²) < 4.78 is 20.1. The predicted octanol–water partition coefficient (Wildman–Crippen LogP) is 2.43. The normalized spacial score (nSPS) is 15.8. The van der Waals surface area contributed by atoms with Crippen LogP contribution in [-0.4, -0.2) is 40.9 Å². The number of rotatable bonds is 2. The maximum atomic E-state index is 13.0. The quantitative estimate of drug-likeness (QED) is 0.729. The van der Waals surface area contributed by atoms with Crippen LogP contribution in [0.5, 0.6) is 0 Å². The Hall–Kier alpha value is -1.99. The number of aromatic nitrogens is 3. The lowest BCUT2D eigenvalue weighted by Crippen LogP contribution is -2.36. The number of morpholine rings is 1. The van der Waals surface area contributed by atoms with Gasteiger partial charge in [0.25, 0.3) is 0 Å². The minimum atomic E-state index is -0.243. The summed E-state index contributed by atoms with van der Waals surface area (Å²) in [6.07, 6.45) is 1.88. The summed E-state index contributed by atoms with van der Waals surface area (Å²) in [4.78, 5) is 7.62. The van der Waals surface area contributed by atoms with Crippen LogP contribution < -0.4 is 4.90 Å². The number of halogens is 1. The zero-order valence-corrected chi connectivity index (χ0v) is 12.0. The van der Waals surface area contributed by atoms with Gasteiger partial charge in [0.05, 0.1) is 25.1 Å². The molecule has 0 aliphatic carbocycles. The molecule has 4 rings (SSSR count). The molecule has 0 spiro atoms. The van der Waals surface area contributed by atoms with Crippen molar-refractivity contribution >= 4 is 21.4 Å². The van der Waals surface area contributed by atoms with E-state index in [9.17, 15) is 4.39 Å². The van der Waals surface area contributed by atoms with Gasteiger partial charge in [-0.15, -0.1) is 5.10 Å². The maximum absolute atomic E-state index is 13.0. The Morgan fingerprint density at radius 1 is 1.14 bits per heavy atom. The van der Waals surface area contributed by atoms with Gasteiger partial charge in [-0.05, 0) is 24.3 Å². The third kappa shape index (κ3) is 2.38. The minimum absolute atomic E-state index is 0.243. The topological polar surface area (TPSA) is 42.7 Å². The second kappa shape index (κ2) is 5.09. The number of nitrogens with zero attached hydrogens (tertiary/aromatic N) is 4. The van der Waals surface area contributed by atoms with Crippen LogP contribution in [0.25, 0.3) is 16.2 Å². The summed E-state index contributed by atoms with van der Waals surface area (Å²) in [6, 6.07) is 6.33. The molecule has 1 aliphatic heterocycles. The van der Waals surface area contributed by atoms with Crippen molar-refractivity contribution in [2.75, 3.05) is 31.2 Å². The number of ether oxygens (including phenoxy) is 1. The zero-order valence-electron chi connectivity index (χ0n) is 11.2. The summed E-state index contributed by atoms with van der Waals surface area (Å²) in [7, 11) is 0. The van der Waals surface area contributed by atoms with Crippen molar-refractivity contribution in [2.45, 2.75) is 0 Å².